The summed E-state index contributed by atoms with van der Waals surface area (Å²) in [7, 11) is 0. The van der Waals surface area contributed by atoms with Crippen LogP contribution in [0.15, 0.2) is 131 Å². The Morgan fingerprint density at radius 2 is 1.06 bits per heavy atom. The van der Waals surface area contributed by atoms with E-state index in [1.807, 2.05) is 0 Å². The van der Waals surface area contributed by atoms with E-state index in [9.17, 15) is 0 Å². The Bertz CT molecular complexity index is 1360. The maximum absolute atomic E-state index is 4.33. The first kappa shape index (κ1) is 20.1. The number of hydrogen-bond donors (Lipinski definition) is 0. The van der Waals surface area contributed by atoms with Crippen LogP contribution in [0.25, 0.3) is 11.1 Å². The van der Waals surface area contributed by atoms with Crippen molar-refractivity contribution in [3.63, 3.8) is 0 Å². The molecule has 0 fully saturated rings. The van der Waals surface area contributed by atoms with Crippen LogP contribution in [0.5, 0.6) is 0 Å². The van der Waals surface area contributed by atoms with Gasteiger partial charge in [0.25, 0.3) is 0 Å². The molecule has 0 radical (unpaired) electrons. The van der Waals surface area contributed by atoms with Crippen LogP contribution >= 0.6 is 0 Å². The van der Waals surface area contributed by atoms with Gasteiger partial charge in [0.15, 0.2) is 0 Å². The summed E-state index contributed by atoms with van der Waals surface area (Å²) < 4.78 is 5.21. The van der Waals surface area contributed by atoms with Gasteiger partial charge < -0.3 is 0 Å². The molecule has 0 saturated heterocycles. The molecule has 154 valence electrons. The molecule has 2 aliphatic carbocycles. The summed E-state index contributed by atoms with van der Waals surface area (Å²) in [6.45, 7) is 2.40. The van der Waals surface area contributed by atoms with E-state index in [1.165, 1.54) is 22.3 Å². The first-order valence-corrected chi connectivity index (χ1v) is 27.2. The number of allylic oxidation sites excluding steroid dienone is 4. The fraction of sp³-hybridized carbons (Fsp3) is 0.0667. The third-order valence-corrected chi connectivity index (χ3v) is 46.9. The summed E-state index contributed by atoms with van der Waals surface area (Å²) in [4.78, 5) is 0. The number of benzene rings is 4. The average Bonchev–Trinajstić information content (AvgIpc) is 3.53. The standard InChI is InChI=1S/C13H9.2C6H5.C5H5.Hf.H2Si/c1-3-7-12-10(5-1)9-11-6-2-4-8-13(11)12;2*1-2-4-6-5-3-1;1-2-4-5-3-1;;/h1-9H;2*1-5H;1-3H,4H2;;1H2. The predicted molar refractivity (Wildman–Crippen MR) is 136 cm³/mol. The van der Waals surface area contributed by atoms with Crippen LogP contribution in [0.4, 0.5) is 0 Å². The Kier molecular flexibility index (Phi) is 4.71. The molecule has 2 heteroatoms. The molecule has 0 amide bonds. The molecule has 0 atom stereocenters. The molecule has 6 rings (SSSR count). The minimum absolute atomic E-state index is 0.397. The summed E-state index contributed by atoms with van der Waals surface area (Å²) >= 11 is -4.33. The molecule has 0 unspecified atom stereocenters. The van der Waals surface area contributed by atoms with Gasteiger partial charge in [0.1, 0.15) is 0 Å². The van der Waals surface area contributed by atoms with E-state index in [1.54, 1.807) is 9.97 Å². The van der Waals surface area contributed by atoms with Crippen LogP contribution in [-0.4, -0.2) is 6.94 Å². The van der Waals surface area contributed by atoms with Gasteiger partial charge in [-0.2, -0.15) is 0 Å². The van der Waals surface area contributed by atoms with E-state index >= 15 is 0 Å². The number of rotatable bonds is 4. The molecule has 4 aromatic carbocycles. The molecular formula is C30H26HfSi. The van der Waals surface area contributed by atoms with Gasteiger partial charge in [0, 0.05) is 0 Å². The molecular weight excluding hydrogens is 567 g/mol. The first-order valence-electron chi connectivity index (χ1n) is 11.4. The maximum atomic E-state index is 2.46. The van der Waals surface area contributed by atoms with Crippen molar-refractivity contribution in [1.82, 2.24) is 0 Å². The topological polar surface area (TPSA) is 0 Å². The van der Waals surface area contributed by atoms with Crippen LogP contribution in [0.3, 0.4) is 0 Å². The third-order valence-electron chi connectivity index (χ3n) is 7.84. The average molecular weight is 593 g/mol. The molecule has 0 aliphatic heterocycles. The van der Waals surface area contributed by atoms with Crippen molar-refractivity contribution in [2.24, 2.45) is 0 Å². The summed E-state index contributed by atoms with van der Waals surface area (Å²) in [6.07, 6.45) is 8.17. The first-order chi connectivity index (χ1) is 15.7. The van der Waals surface area contributed by atoms with Crippen molar-refractivity contribution in [2.45, 2.75) is 10.1 Å². The third kappa shape index (κ3) is 2.57. The molecule has 0 spiro atoms. The SMILES string of the molecule is [SiH2]=[Hf]([C]1=CC=CC1)([c]1ccccc1)([c]1ccccc1)[CH]1c2ccccc2-c2ccccc21. The van der Waals surface area contributed by atoms with Crippen molar-refractivity contribution < 1.29 is 17.1 Å². The predicted octanol–water partition coefficient (Wildman–Crippen LogP) is 5.49. The molecule has 0 saturated carbocycles. The molecule has 4 aromatic rings. The Hall–Kier alpha value is -2.55. The second-order valence-corrected chi connectivity index (χ2v) is 40.8. The van der Waals surface area contributed by atoms with Gasteiger partial charge >= 0.3 is 194 Å². The van der Waals surface area contributed by atoms with Crippen molar-refractivity contribution in [3.8, 4) is 11.1 Å². The quantitative estimate of drug-likeness (QED) is 0.275. The Labute approximate surface area is 192 Å². The van der Waals surface area contributed by atoms with Crippen LogP contribution in [0.1, 0.15) is 21.2 Å². The van der Waals surface area contributed by atoms with Gasteiger partial charge in [0.2, 0.25) is 0 Å². The number of fused-ring (bicyclic) bond motifs is 3. The van der Waals surface area contributed by atoms with Gasteiger partial charge in [-0.25, -0.2) is 0 Å². The molecule has 2 aliphatic rings. The van der Waals surface area contributed by atoms with E-state index in [-0.39, 0.29) is 0 Å². The zero-order valence-electron chi connectivity index (χ0n) is 18.1. The normalized spacial score (nSPS) is 15.3. The monoisotopic (exact) mass is 594 g/mol. The van der Waals surface area contributed by atoms with Crippen LogP contribution in [0, 0.1) is 0 Å². The Morgan fingerprint density at radius 1 is 0.594 bits per heavy atom. The number of hydrogen-bond acceptors (Lipinski definition) is 0. The van der Waals surface area contributed by atoms with E-state index in [0.29, 0.717) is 3.67 Å². The van der Waals surface area contributed by atoms with Gasteiger partial charge in [0.05, 0.1) is 0 Å². The molecule has 0 N–H and O–H groups in total. The fourth-order valence-corrected chi connectivity index (χ4v) is 41.0. The second kappa shape index (κ2) is 7.50. The summed E-state index contributed by atoms with van der Waals surface area (Å²) in [6, 6.07) is 41.4. The van der Waals surface area contributed by atoms with Crippen LogP contribution in [-0.2, 0) is 17.1 Å². The van der Waals surface area contributed by atoms with E-state index < -0.39 is 17.1 Å². The van der Waals surface area contributed by atoms with Crippen molar-refractivity contribution >= 4 is 13.6 Å². The van der Waals surface area contributed by atoms with Gasteiger partial charge in [-0.15, -0.1) is 0 Å². The van der Waals surface area contributed by atoms with E-state index in [4.69, 9.17) is 0 Å². The van der Waals surface area contributed by atoms with E-state index in [0.717, 1.165) is 6.42 Å². The van der Waals surface area contributed by atoms with Crippen LogP contribution < -0.4 is 6.64 Å². The van der Waals surface area contributed by atoms with Crippen molar-refractivity contribution in [2.75, 3.05) is 0 Å². The zero-order chi connectivity index (χ0) is 21.6. The summed E-state index contributed by atoms with van der Waals surface area (Å²) in [5.41, 5.74) is 5.86. The molecule has 0 heterocycles. The zero-order valence-corrected chi connectivity index (χ0v) is 23.1. The van der Waals surface area contributed by atoms with Gasteiger partial charge in [-0.05, 0) is 0 Å². The minimum atomic E-state index is -4.33. The van der Waals surface area contributed by atoms with Gasteiger partial charge in [-0.1, -0.05) is 0 Å². The second-order valence-electron chi connectivity index (χ2n) is 9.21. The molecule has 0 bridgehead atoms. The van der Waals surface area contributed by atoms with Crippen molar-refractivity contribution in [3.05, 3.63) is 142 Å². The summed E-state index contributed by atoms with van der Waals surface area (Å²) in [5.74, 6) is 0. The van der Waals surface area contributed by atoms with Crippen LogP contribution in [0.2, 0.25) is 0 Å². The molecule has 32 heavy (non-hydrogen) atoms. The fourth-order valence-electron chi connectivity index (χ4n) is 6.41. The van der Waals surface area contributed by atoms with Crippen molar-refractivity contribution in [1.29, 1.82) is 0 Å². The van der Waals surface area contributed by atoms with E-state index in [2.05, 4.69) is 134 Å². The molecule has 0 aromatic heterocycles. The summed E-state index contributed by atoms with van der Waals surface area (Å²) in [5, 5.41) is 0. The molecule has 0 nitrogen and oxygen atoms in total. The van der Waals surface area contributed by atoms with Gasteiger partial charge in [-0.3, -0.25) is 0 Å². The Morgan fingerprint density at radius 3 is 1.53 bits per heavy atom. The Balaban J connectivity index is 1.83.